The number of hydrogen-bond donors (Lipinski definition) is 0. The van der Waals surface area contributed by atoms with Gasteiger partial charge in [0.2, 0.25) is 5.91 Å². The van der Waals surface area contributed by atoms with E-state index in [2.05, 4.69) is 6.92 Å². The van der Waals surface area contributed by atoms with Gasteiger partial charge in [-0.1, -0.05) is 55.8 Å². The van der Waals surface area contributed by atoms with E-state index in [4.69, 9.17) is 4.98 Å². The number of non-ortho nitro benzene ring substituents is 1. The van der Waals surface area contributed by atoms with Crippen LogP contribution in [0, 0.1) is 10.1 Å². The van der Waals surface area contributed by atoms with Crippen molar-refractivity contribution in [1.82, 2.24) is 14.5 Å². The average molecular weight is 547 g/mol. The lowest BCUT2D eigenvalue weighted by Gasteiger charge is -2.30. The number of benzene rings is 4. The van der Waals surface area contributed by atoms with E-state index >= 15 is 0 Å². The summed E-state index contributed by atoms with van der Waals surface area (Å²) in [6, 6.07) is 26.5. The monoisotopic (exact) mass is 546 g/mol. The standard InChI is InChI=1S/C33H30N4O4/c1-3-4-21-35(31(38)20-15-24-13-17-27(18-14-24)37(40)41)23(2)32-34-30-12-8-7-11-29(30)33(39)36(32)28-19-16-25-9-5-6-10-26(25)22-28/h5-20,22-23H,3-4,21H2,1-2H3. The van der Waals surface area contributed by atoms with Crippen LogP contribution in [0.25, 0.3) is 33.4 Å². The zero-order valence-corrected chi connectivity index (χ0v) is 22.9. The average Bonchev–Trinajstić information content (AvgIpc) is 3.00. The summed E-state index contributed by atoms with van der Waals surface area (Å²) in [5.41, 5.74) is 1.71. The van der Waals surface area contributed by atoms with E-state index in [0.29, 0.717) is 34.5 Å². The van der Waals surface area contributed by atoms with Gasteiger partial charge in [-0.05, 0) is 72.2 Å². The summed E-state index contributed by atoms with van der Waals surface area (Å²) in [6.45, 7) is 4.42. The van der Waals surface area contributed by atoms with Crippen LogP contribution in [0.5, 0.6) is 0 Å². The first-order valence-electron chi connectivity index (χ1n) is 13.6. The summed E-state index contributed by atoms with van der Waals surface area (Å²) in [6.07, 6.45) is 4.76. The predicted octanol–water partition coefficient (Wildman–Crippen LogP) is 6.85. The molecule has 1 atom stereocenters. The molecule has 0 N–H and O–H groups in total. The van der Waals surface area contributed by atoms with Crippen LogP contribution in [0.15, 0.2) is 102 Å². The van der Waals surface area contributed by atoms with Crippen LogP contribution in [0.4, 0.5) is 5.69 Å². The Morgan fingerprint density at radius 1 is 1.00 bits per heavy atom. The maximum Gasteiger partial charge on any atom is 0.269 e. The number of nitrogens with zero attached hydrogens (tertiary/aromatic N) is 4. The maximum absolute atomic E-state index is 13.9. The number of rotatable bonds is 9. The first kappa shape index (κ1) is 27.5. The van der Waals surface area contributed by atoms with Crippen molar-refractivity contribution in [1.29, 1.82) is 0 Å². The van der Waals surface area contributed by atoms with Crippen LogP contribution in [-0.2, 0) is 4.79 Å². The second-order valence-electron chi connectivity index (χ2n) is 9.90. The summed E-state index contributed by atoms with van der Waals surface area (Å²) in [5, 5.41) is 13.5. The van der Waals surface area contributed by atoms with Crippen molar-refractivity contribution < 1.29 is 9.72 Å². The molecule has 41 heavy (non-hydrogen) atoms. The molecule has 8 heteroatoms. The molecule has 0 fully saturated rings. The van der Waals surface area contributed by atoms with E-state index in [1.54, 1.807) is 33.7 Å². The number of carbonyl (C=O) groups excluding carboxylic acids is 1. The van der Waals surface area contributed by atoms with E-state index in [9.17, 15) is 19.7 Å². The minimum Gasteiger partial charge on any atom is -0.329 e. The number of hydrogen-bond acceptors (Lipinski definition) is 5. The van der Waals surface area contributed by atoms with Crippen molar-refractivity contribution in [2.45, 2.75) is 32.7 Å². The van der Waals surface area contributed by atoms with Crippen molar-refractivity contribution in [3.63, 3.8) is 0 Å². The zero-order valence-electron chi connectivity index (χ0n) is 22.9. The minimum absolute atomic E-state index is 0.0132. The number of amides is 1. The highest BCUT2D eigenvalue weighted by molar-refractivity contribution is 5.92. The van der Waals surface area contributed by atoms with E-state index in [0.717, 1.165) is 23.6 Å². The normalized spacial score (nSPS) is 12.1. The summed E-state index contributed by atoms with van der Waals surface area (Å²) in [4.78, 5) is 44.7. The highest BCUT2D eigenvalue weighted by Gasteiger charge is 2.25. The van der Waals surface area contributed by atoms with Gasteiger partial charge in [0.15, 0.2) is 0 Å². The molecule has 0 spiro atoms. The Bertz CT molecular complexity index is 1830. The molecule has 4 aromatic carbocycles. The van der Waals surface area contributed by atoms with Crippen LogP contribution < -0.4 is 5.56 Å². The Kier molecular flexibility index (Phi) is 8.01. The topological polar surface area (TPSA) is 98.3 Å². The zero-order chi connectivity index (χ0) is 28.9. The van der Waals surface area contributed by atoms with Crippen LogP contribution in [-0.4, -0.2) is 31.8 Å². The van der Waals surface area contributed by atoms with Crippen molar-refractivity contribution in [3.8, 4) is 5.69 Å². The fraction of sp³-hybridized carbons (Fsp3) is 0.182. The molecule has 5 rings (SSSR count). The molecular weight excluding hydrogens is 516 g/mol. The molecule has 0 bridgehead atoms. The van der Waals surface area contributed by atoms with Crippen molar-refractivity contribution in [3.05, 3.63) is 129 Å². The lowest BCUT2D eigenvalue weighted by molar-refractivity contribution is -0.384. The molecule has 0 saturated heterocycles. The molecule has 1 amide bonds. The third kappa shape index (κ3) is 5.77. The molecule has 1 unspecified atom stereocenters. The number of nitro benzene ring substituents is 1. The molecule has 206 valence electrons. The van der Waals surface area contributed by atoms with E-state index in [1.807, 2.05) is 67.6 Å². The first-order valence-corrected chi connectivity index (χ1v) is 13.6. The second-order valence-corrected chi connectivity index (χ2v) is 9.90. The van der Waals surface area contributed by atoms with Gasteiger partial charge in [0.05, 0.1) is 27.6 Å². The summed E-state index contributed by atoms with van der Waals surface area (Å²) < 4.78 is 1.62. The molecule has 5 aromatic rings. The Balaban J connectivity index is 1.58. The van der Waals surface area contributed by atoms with Gasteiger partial charge in [-0.25, -0.2) is 4.98 Å². The van der Waals surface area contributed by atoms with Crippen LogP contribution in [0.1, 0.15) is 44.1 Å². The summed E-state index contributed by atoms with van der Waals surface area (Å²) >= 11 is 0. The highest BCUT2D eigenvalue weighted by Crippen LogP contribution is 2.26. The van der Waals surface area contributed by atoms with Gasteiger partial charge in [-0.2, -0.15) is 0 Å². The summed E-state index contributed by atoms with van der Waals surface area (Å²) in [5.74, 6) is 0.231. The molecule has 0 aliphatic carbocycles. The SMILES string of the molecule is CCCCN(C(=O)C=Cc1ccc([N+](=O)[O-])cc1)C(C)c1nc2ccccc2c(=O)n1-c1ccc2ccccc2c1. The Labute approximate surface area is 237 Å². The molecule has 1 aromatic heterocycles. The van der Waals surface area contributed by atoms with Gasteiger partial charge >= 0.3 is 0 Å². The number of fused-ring (bicyclic) bond motifs is 2. The highest BCUT2D eigenvalue weighted by atomic mass is 16.6. The fourth-order valence-corrected chi connectivity index (χ4v) is 4.93. The largest absolute Gasteiger partial charge is 0.329 e. The number of aromatic nitrogens is 2. The third-order valence-corrected chi connectivity index (χ3v) is 7.19. The van der Waals surface area contributed by atoms with Crippen molar-refractivity contribution >= 4 is 39.3 Å². The van der Waals surface area contributed by atoms with Gasteiger partial charge in [0.25, 0.3) is 11.2 Å². The number of nitro groups is 1. The van der Waals surface area contributed by atoms with Gasteiger partial charge < -0.3 is 4.90 Å². The molecule has 0 aliphatic rings. The Hall–Kier alpha value is -5.11. The van der Waals surface area contributed by atoms with Crippen LogP contribution in [0.2, 0.25) is 0 Å². The predicted molar refractivity (Wildman–Crippen MR) is 162 cm³/mol. The Morgan fingerprint density at radius 2 is 1.71 bits per heavy atom. The van der Waals surface area contributed by atoms with Gasteiger partial charge in [0, 0.05) is 24.8 Å². The van der Waals surface area contributed by atoms with Crippen LogP contribution >= 0.6 is 0 Å². The van der Waals surface area contributed by atoms with E-state index in [1.165, 1.54) is 18.2 Å². The molecule has 0 saturated carbocycles. The first-order chi connectivity index (χ1) is 19.9. The van der Waals surface area contributed by atoms with Gasteiger partial charge in [-0.15, -0.1) is 0 Å². The van der Waals surface area contributed by atoms with Gasteiger partial charge in [0.1, 0.15) is 5.82 Å². The minimum atomic E-state index is -0.528. The number of para-hydroxylation sites is 1. The summed E-state index contributed by atoms with van der Waals surface area (Å²) in [7, 11) is 0. The third-order valence-electron chi connectivity index (χ3n) is 7.19. The van der Waals surface area contributed by atoms with E-state index < -0.39 is 11.0 Å². The van der Waals surface area contributed by atoms with Gasteiger partial charge in [-0.3, -0.25) is 24.3 Å². The fourth-order valence-electron chi connectivity index (χ4n) is 4.93. The number of unbranched alkanes of at least 4 members (excludes halogenated alkanes) is 1. The molecule has 8 nitrogen and oxygen atoms in total. The quantitative estimate of drug-likeness (QED) is 0.114. The molecular formula is C33H30N4O4. The number of carbonyl (C=O) groups is 1. The lowest BCUT2D eigenvalue weighted by Crippen LogP contribution is -2.37. The molecule has 0 aliphatic heterocycles. The van der Waals surface area contributed by atoms with Crippen LogP contribution in [0.3, 0.4) is 0 Å². The smallest absolute Gasteiger partial charge is 0.269 e. The maximum atomic E-state index is 13.9. The Morgan fingerprint density at radius 3 is 2.44 bits per heavy atom. The van der Waals surface area contributed by atoms with E-state index in [-0.39, 0.29) is 17.2 Å². The lowest BCUT2D eigenvalue weighted by atomic mass is 10.1. The molecule has 0 radical (unpaired) electrons. The second kappa shape index (κ2) is 12.0. The van der Waals surface area contributed by atoms with Crippen molar-refractivity contribution in [2.75, 3.05) is 6.54 Å². The van der Waals surface area contributed by atoms with Crippen molar-refractivity contribution in [2.24, 2.45) is 0 Å². The molecule has 1 heterocycles.